The third kappa shape index (κ3) is 1.84. The first-order chi connectivity index (χ1) is 9.13. The van der Waals surface area contributed by atoms with Crippen LogP contribution >= 0.6 is 0 Å². The first-order valence-corrected chi connectivity index (χ1v) is 6.46. The Kier molecular flexibility index (Phi) is 2.84. The Morgan fingerprint density at radius 3 is 2.58 bits per heavy atom. The van der Waals surface area contributed by atoms with E-state index in [1.165, 1.54) is 6.07 Å². The van der Waals surface area contributed by atoms with Crippen LogP contribution in [0, 0.1) is 5.82 Å². The summed E-state index contributed by atoms with van der Waals surface area (Å²) in [7, 11) is 0. The molecule has 1 aliphatic carbocycles. The van der Waals surface area contributed by atoms with Gasteiger partial charge in [0.1, 0.15) is 13.2 Å². The highest BCUT2D eigenvalue weighted by atomic mass is 19.1. The lowest BCUT2D eigenvalue weighted by atomic mass is 9.79. The van der Waals surface area contributed by atoms with Gasteiger partial charge in [0, 0.05) is 0 Å². The highest BCUT2D eigenvalue weighted by Gasteiger charge is 2.44. The van der Waals surface area contributed by atoms with Gasteiger partial charge >= 0.3 is 5.97 Å². The van der Waals surface area contributed by atoms with E-state index in [0.29, 0.717) is 37.4 Å². The maximum Gasteiger partial charge on any atom is 0.314 e. The molecule has 19 heavy (non-hydrogen) atoms. The Labute approximate surface area is 110 Å². The van der Waals surface area contributed by atoms with Gasteiger partial charge in [0.2, 0.25) is 0 Å². The first kappa shape index (κ1) is 12.3. The zero-order valence-corrected chi connectivity index (χ0v) is 10.4. The van der Waals surface area contributed by atoms with Gasteiger partial charge in [0.05, 0.1) is 5.41 Å². The molecule has 1 saturated carbocycles. The Balaban J connectivity index is 2.10. The second-order valence-corrected chi connectivity index (χ2v) is 5.08. The van der Waals surface area contributed by atoms with E-state index in [1.54, 1.807) is 6.07 Å². The van der Waals surface area contributed by atoms with E-state index in [9.17, 15) is 14.3 Å². The molecule has 0 atom stereocenters. The summed E-state index contributed by atoms with van der Waals surface area (Å²) in [6.45, 7) is 0.670. The molecule has 102 valence electrons. The number of carbonyl (C=O) groups is 1. The van der Waals surface area contributed by atoms with Crippen molar-refractivity contribution in [2.75, 3.05) is 13.2 Å². The topological polar surface area (TPSA) is 55.8 Å². The maximum absolute atomic E-state index is 14.0. The molecule has 0 amide bonds. The van der Waals surface area contributed by atoms with E-state index in [0.717, 1.165) is 12.8 Å². The van der Waals surface area contributed by atoms with Gasteiger partial charge in [-0.15, -0.1) is 0 Å². The quantitative estimate of drug-likeness (QED) is 0.893. The predicted molar refractivity (Wildman–Crippen MR) is 65.2 cm³/mol. The van der Waals surface area contributed by atoms with Gasteiger partial charge in [-0.1, -0.05) is 12.8 Å². The standard InChI is InChI=1S/C14H15FO4/c15-10-7-9(8-11-12(10)19-6-5-18-11)14(13(16)17)3-1-2-4-14/h7-8H,1-6H2,(H,16,17). The Morgan fingerprint density at radius 2 is 1.89 bits per heavy atom. The molecular formula is C14H15FO4. The SMILES string of the molecule is O=C(O)C1(c2cc(F)c3c(c2)OCCO3)CCCC1. The molecule has 5 heteroatoms. The van der Waals surface area contributed by atoms with Crippen molar-refractivity contribution in [3.8, 4) is 11.5 Å². The summed E-state index contributed by atoms with van der Waals surface area (Å²) in [4.78, 5) is 11.6. The number of ether oxygens (including phenoxy) is 2. The van der Waals surface area contributed by atoms with Gasteiger partial charge < -0.3 is 14.6 Å². The second-order valence-electron chi connectivity index (χ2n) is 5.08. The third-order valence-corrected chi connectivity index (χ3v) is 4.02. The molecule has 1 fully saturated rings. The summed E-state index contributed by atoms with van der Waals surface area (Å²) < 4.78 is 24.6. The summed E-state index contributed by atoms with van der Waals surface area (Å²) >= 11 is 0. The second kappa shape index (κ2) is 4.40. The largest absolute Gasteiger partial charge is 0.486 e. The molecule has 0 spiro atoms. The van der Waals surface area contributed by atoms with Crippen molar-refractivity contribution >= 4 is 5.97 Å². The first-order valence-electron chi connectivity index (χ1n) is 6.46. The van der Waals surface area contributed by atoms with E-state index in [-0.39, 0.29) is 5.75 Å². The smallest absolute Gasteiger partial charge is 0.314 e. The number of halogens is 1. The van der Waals surface area contributed by atoms with Gasteiger partial charge in [0.25, 0.3) is 0 Å². The van der Waals surface area contributed by atoms with E-state index in [1.807, 2.05) is 0 Å². The van der Waals surface area contributed by atoms with Crippen LogP contribution in [0.25, 0.3) is 0 Å². The van der Waals surface area contributed by atoms with Crippen molar-refractivity contribution in [1.82, 2.24) is 0 Å². The van der Waals surface area contributed by atoms with Crippen LogP contribution in [-0.4, -0.2) is 24.3 Å². The summed E-state index contributed by atoms with van der Waals surface area (Å²) in [6.07, 6.45) is 2.79. The molecule has 1 aromatic rings. The number of hydrogen-bond donors (Lipinski definition) is 1. The Morgan fingerprint density at radius 1 is 1.21 bits per heavy atom. The van der Waals surface area contributed by atoms with Crippen LogP contribution < -0.4 is 9.47 Å². The summed E-state index contributed by atoms with van der Waals surface area (Å²) in [6, 6.07) is 2.91. The molecule has 0 saturated heterocycles. The number of carboxylic acid groups (broad SMARTS) is 1. The minimum atomic E-state index is -0.976. The number of hydrogen-bond acceptors (Lipinski definition) is 3. The maximum atomic E-state index is 14.0. The van der Waals surface area contributed by atoms with E-state index < -0.39 is 17.2 Å². The fraction of sp³-hybridized carbons (Fsp3) is 0.500. The lowest BCUT2D eigenvalue weighted by Gasteiger charge is -2.27. The molecular weight excluding hydrogens is 251 g/mol. The average molecular weight is 266 g/mol. The van der Waals surface area contributed by atoms with Gasteiger partial charge in [-0.2, -0.15) is 0 Å². The molecule has 0 radical (unpaired) electrons. The highest BCUT2D eigenvalue weighted by molar-refractivity contribution is 5.82. The van der Waals surface area contributed by atoms with Gasteiger partial charge in [-0.3, -0.25) is 4.79 Å². The van der Waals surface area contributed by atoms with Crippen molar-refractivity contribution in [3.05, 3.63) is 23.5 Å². The molecule has 1 heterocycles. The van der Waals surface area contributed by atoms with Crippen LogP contribution in [0.5, 0.6) is 11.5 Å². The van der Waals surface area contributed by atoms with Crippen molar-refractivity contribution in [2.45, 2.75) is 31.1 Å². The molecule has 2 aliphatic rings. The normalized spacial score (nSPS) is 20.3. The number of aliphatic carboxylic acids is 1. The van der Waals surface area contributed by atoms with Crippen LogP contribution in [0.4, 0.5) is 4.39 Å². The van der Waals surface area contributed by atoms with Crippen molar-refractivity contribution in [1.29, 1.82) is 0 Å². The monoisotopic (exact) mass is 266 g/mol. The van der Waals surface area contributed by atoms with Crippen molar-refractivity contribution in [2.24, 2.45) is 0 Å². The number of carboxylic acids is 1. The zero-order chi connectivity index (χ0) is 13.5. The lowest BCUT2D eigenvalue weighted by Crippen LogP contribution is -2.33. The van der Waals surface area contributed by atoms with Crippen LogP contribution in [0.1, 0.15) is 31.2 Å². The minimum absolute atomic E-state index is 0.0912. The molecule has 4 nitrogen and oxygen atoms in total. The Hall–Kier alpha value is -1.78. The average Bonchev–Trinajstić information content (AvgIpc) is 2.89. The minimum Gasteiger partial charge on any atom is -0.486 e. The van der Waals surface area contributed by atoms with Gasteiger partial charge in [0.15, 0.2) is 17.3 Å². The number of benzene rings is 1. The van der Waals surface area contributed by atoms with Crippen LogP contribution in [0.15, 0.2) is 12.1 Å². The van der Waals surface area contributed by atoms with Crippen LogP contribution in [-0.2, 0) is 10.2 Å². The molecule has 3 rings (SSSR count). The summed E-state index contributed by atoms with van der Waals surface area (Å²) in [5, 5.41) is 9.52. The molecule has 1 N–H and O–H groups in total. The molecule has 0 bridgehead atoms. The Bertz CT molecular complexity index is 520. The zero-order valence-electron chi connectivity index (χ0n) is 10.4. The molecule has 0 aromatic heterocycles. The van der Waals surface area contributed by atoms with Gasteiger partial charge in [-0.25, -0.2) is 4.39 Å². The predicted octanol–water partition coefficient (Wildman–Crippen LogP) is 2.49. The van der Waals surface area contributed by atoms with Crippen LogP contribution in [0.2, 0.25) is 0 Å². The van der Waals surface area contributed by atoms with Crippen molar-refractivity contribution < 1.29 is 23.8 Å². The van der Waals surface area contributed by atoms with Gasteiger partial charge in [-0.05, 0) is 30.5 Å². The van der Waals surface area contributed by atoms with E-state index >= 15 is 0 Å². The van der Waals surface area contributed by atoms with Crippen LogP contribution in [0.3, 0.4) is 0 Å². The fourth-order valence-electron chi connectivity index (χ4n) is 2.99. The molecule has 1 aliphatic heterocycles. The fourth-order valence-corrected chi connectivity index (χ4v) is 2.99. The number of rotatable bonds is 2. The summed E-state index contributed by atoms with van der Waals surface area (Å²) in [5.41, 5.74) is -0.490. The lowest BCUT2D eigenvalue weighted by molar-refractivity contribution is -0.143. The highest BCUT2D eigenvalue weighted by Crippen LogP contribution is 2.45. The molecule has 1 aromatic carbocycles. The van der Waals surface area contributed by atoms with Crippen molar-refractivity contribution in [3.63, 3.8) is 0 Å². The van der Waals surface area contributed by atoms with E-state index in [2.05, 4.69) is 0 Å². The number of fused-ring (bicyclic) bond motifs is 1. The molecule has 0 unspecified atom stereocenters. The third-order valence-electron chi connectivity index (χ3n) is 4.02. The summed E-state index contributed by atoms with van der Waals surface area (Å²) in [5.74, 6) is -1.02. The van der Waals surface area contributed by atoms with E-state index in [4.69, 9.17) is 9.47 Å².